The van der Waals surface area contributed by atoms with Crippen molar-refractivity contribution in [2.45, 2.75) is 51.0 Å². The quantitative estimate of drug-likeness (QED) is 0.473. The fourth-order valence-corrected chi connectivity index (χ4v) is 5.75. The minimum absolute atomic E-state index is 0.0895. The van der Waals surface area contributed by atoms with Crippen molar-refractivity contribution in [2.75, 3.05) is 13.2 Å². The minimum Gasteiger partial charge on any atom is -0.365 e. The van der Waals surface area contributed by atoms with Crippen LogP contribution in [0.25, 0.3) is 11.3 Å². The van der Waals surface area contributed by atoms with E-state index >= 15 is 0 Å². The molecule has 2 fully saturated rings. The van der Waals surface area contributed by atoms with Gasteiger partial charge in [-0.05, 0) is 36.6 Å². The van der Waals surface area contributed by atoms with Crippen molar-refractivity contribution in [1.82, 2.24) is 20.2 Å². The van der Waals surface area contributed by atoms with E-state index in [1.54, 1.807) is 29.7 Å². The summed E-state index contributed by atoms with van der Waals surface area (Å²) in [6, 6.07) is 11.0. The molecule has 4 atom stereocenters. The zero-order valence-electron chi connectivity index (χ0n) is 21.2. The van der Waals surface area contributed by atoms with E-state index < -0.39 is 36.2 Å². The topological polar surface area (TPSA) is 101 Å². The van der Waals surface area contributed by atoms with Crippen molar-refractivity contribution in [1.29, 1.82) is 0 Å². The van der Waals surface area contributed by atoms with Crippen molar-refractivity contribution in [3.63, 3.8) is 0 Å². The fourth-order valence-electron chi connectivity index (χ4n) is 4.93. The number of carbonyl (C=O) groups is 3. The van der Waals surface area contributed by atoms with E-state index in [0.717, 1.165) is 22.0 Å². The number of aromatic nitrogens is 2. The number of ether oxygens (including phenoxy) is 1. The number of halogens is 1. The summed E-state index contributed by atoms with van der Waals surface area (Å²) in [5.41, 5.74) is 3.02. The van der Waals surface area contributed by atoms with Crippen LogP contribution in [0.15, 0.2) is 54.0 Å². The van der Waals surface area contributed by atoms with Gasteiger partial charge in [-0.1, -0.05) is 32.0 Å². The van der Waals surface area contributed by atoms with Gasteiger partial charge in [-0.3, -0.25) is 19.4 Å². The molecule has 2 aromatic heterocycles. The van der Waals surface area contributed by atoms with Crippen molar-refractivity contribution in [2.24, 2.45) is 5.92 Å². The molecular formula is C28H29FN4O4S. The average molecular weight is 537 g/mol. The molecule has 0 aliphatic carbocycles. The Labute approximate surface area is 224 Å². The van der Waals surface area contributed by atoms with Crippen LogP contribution in [0, 0.1) is 5.92 Å². The molecule has 1 aromatic carbocycles. The maximum atomic E-state index is 14.4. The first-order valence-electron chi connectivity index (χ1n) is 12.6. The van der Waals surface area contributed by atoms with Crippen LogP contribution in [0.4, 0.5) is 4.39 Å². The number of benzene rings is 1. The molecule has 2 amide bonds. The van der Waals surface area contributed by atoms with Crippen molar-refractivity contribution < 1.29 is 23.5 Å². The van der Waals surface area contributed by atoms with Gasteiger partial charge in [0.05, 0.1) is 17.2 Å². The number of pyridine rings is 1. The lowest BCUT2D eigenvalue weighted by Gasteiger charge is -2.28. The molecule has 2 saturated heterocycles. The Kier molecular flexibility index (Phi) is 7.62. The summed E-state index contributed by atoms with van der Waals surface area (Å²) in [7, 11) is 0. The smallest absolute Gasteiger partial charge is 0.251 e. The summed E-state index contributed by atoms with van der Waals surface area (Å²) < 4.78 is 19.7. The lowest BCUT2D eigenvalue weighted by molar-refractivity contribution is -0.138. The summed E-state index contributed by atoms with van der Waals surface area (Å²) in [6.45, 7) is 3.46. The fraction of sp³-hybridized carbons (Fsp3) is 0.393. The molecule has 38 heavy (non-hydrogen) atoms. The number of likely N-dealkylation sites (tertiary alicyclic amines) is 1. The zero-order valence-corrected chi connectivity index (χ0v) is 22.0. The molecule has 0 saturated carbocycles. The number of thiazole rings is 1. The van der Waals surface area contributed by atoms with Gasteiger partial charge >= 0.3 is 0 Å². The molecule has 0 bridgehead atoms. The lowest BCUT2D eigenvalue weighted by Crippen LogP contribution is -2.52. The largest absolute Gasteiger partial charge is 0.365 e. The van der Waals surface area contributed by atoms with E-state index in [0.29, 0.717) is 18.4 Å². The predicted molar refractivity (Wildman–Crippen MR) is 140 cm³/mol. The van der Waals surface area contributed by atoms with Gasteiger partial charge in [0.25, 0.3) is 5.91 Å². The Morgan fingerprint density at radius 2 is 2.00 bits per heavy atom. The Bertz CT molecular complexity index is 1310. The molecule has 0 unspecified atom stereocenters. The Morgan fingerprint density at radius 1 is 1.21 bits per heavy atom. The van der Waals surface area contributed by atoms with Crippen LogP contribution in [0.2, 0.25) is 0 Å². The third-order valence-electron chi connectivity index (χ3n) is 6.77. The van der Waals surface area contributed by atoms with Crippen LogP contribution in [0.3, 0.4) is 0 Å². The number of rotatable bonds is 8. The lowest BCUT2D eigenvalue weighted by atomic mass is 10.0. The summed E-state index contributed by atoms with van der Waals surface area (Å²) in [5.74, 6) is -1.09. The van der Waals surface area contributed by atoms with E-state index in [1.807, 2.05) is 49.6 Å². The first kappa shape index (κ1) is 26.1. The van der Waals surface area contributed by atoms with Crippen LogP contribution in [0.1, 0.15) is 41.3 Å². The number of ketones is 1. The van der Waals surface area contributed by atoms with Gasteiger partial charge in [0.2, 0.25) is 5.91 Å². The Morgan fingerprint density at radius 3 is 2.71 bits per heavy atom. The van der Waals surface area contributed by atoms with Crippen molar-refractivity contribution in [3.05, 3.63) is 70.3 Å². The highest BCUT2D eigenvalue weighted by molar-refractivity contribution is 7.10. The Hall–Kier alpha value is -3.50. The SMILES string of the molecule is CC(C)C[C@H](NC(=O)c1ccc(-c2csc(Cc3ccccn3)n2)cc1)C(=O)N1C[C@H](F)[C@H]2OCC(=O)[C@H]21. The number of nitrogens with one attached hydrogen (secondary N) is 1. The molecule has 10 heteroatoms. The highest BCUT2D eigenvalue weighted by atomic mass is 32.1. The van der Waals surface area contributed by atoms with Crippen molar-refractivity contribution in [3.8, 4) is 11.3 Å². The molecule has 198 valence electrons. The van der Waals surface area contributed by atoms with Gasteiger partial charge in [0, 0.05) is 34.8 Å². The molecule has 2 aliphatic heterocycles. The van der Waals surface area contributed by atoms with E-state index in [-0.39, 0.29) is 24.9 Å². The molecule has 8 nitrogen and oxygen atoms in total. The normalized spacial score (nSPS) is 21.5. The third-order valence-corrected chi connectivity index (χ3v) is 7.62. The van der Waals surface area contributed by atoms with E-state index in [9.17, 15) is 18.8 Å². The standard InChI is InChI=1S/C28H29FN4O4S/c1-16(2)11-21(28(36)33-13-20(29)26-25(33)23(34)14-37-26)32-27(35)18-8-6-17(7-9-18)22-15-38-24(31-22)12-19-5-3-4-10-30-19/h3-10,15-16,20-21,25-26H,11-14H2,1-2H3,(H,32,35)/t20-,21-,25+,26+/m0/s1. The van der Waals surface area contributed by atoms with Crippen LogP contribution < -0.4 is 5.32 Å². The molecule has 5 rings (SSSR count). The third kappa shape index (κ3) is 5.51. The molecule has 2 aliphatic rings. The van der Waals surface area contributed by atoms with Crippen LogP contribution in [0.5, 0.6) is 0 Å². The summed E-state index contributed by atoms with van der Waals surface area (Å²) in [4.78, 5) is 49.0. The van der Waals surface area contributed by atoms with Crippen LogP contribution in [-0.2, 0) is 20.7 Å². The monoisotopic (exact) mass is 536 g/mol. The van der Waals surface area contributed by atoms with Crippen LogP contribution in [-0.4, -0.2) is 70.0 Å². The number of fused-ring (bicyclic) bond motifs is 1. The second kappa shape index (κ2) is 11.1. The van der Waals surface area contributed by atoms with E-state index in [1.165, 1.54) is 4.90 Å². The molecule has 3 aromatic rings. The maximum absolute atomic E-state index is 14.4. The van der Waals surface area contributed by atoms with E-state index in [2.05, 4.69) is 10.3 Å². The zero-order chi connectivity index (χ0) is 26.8. The predicted octanol–water partition coefficient (Wildman–Crippen LogP) is 3.46. The van der Waals surface area contributed by atoms with E-state index in [4.69, 9.17) is 9.72 Å². The molecule has 4 heterocycles. The number of nitrogens with zero attached hydrogens (tertiary/aromatic N) is 3. The number of Topliss-reactive ketones (excluding diaryl/α,β-unsaturated/α-hetero) is 1. The molecule has 1 N–H and O–H groups in total. The van der Waals surface area contributed by atoms with Gasteiger partial charge in [0.15, 0.2) is 5.78 Å². The number of amides is 2. The van der Waals surface area contributed by atoms with Gasteiger partial charge in [-0.15, -0.1) is 11.3 Å². The number of alkyl halides is 1. The highest BCUT2D eigenvalue weighted by Gasteiger charge is 2.53. The highest BCUT2D eigenvalue weighted by Crippen LogP contribution is 2.30. The number of hydrogen-bond donors (Lipinski definition) is 1. The molecular weight excluding hydrogens is 507 g/mol. The summed E-state index contributed by atoms with van der Waals surface area (Å²) in [5, 5.41) is 5.73. The maximum Gasteiger partial charge on any atom is 0.251 e. The van der Waals surface area contributed by atoms with Gasteiger partial charge in [0.1, 0.15) is 31.0 Å². The molecule has 0 spiro atoms. The van der Waals surface area contributed by atoms with Gasteiger partial charge in [-0.2, -0.15) is 0 Å². The second-order valence-electron chi connectivity index (χ2n) is 10.1. The number of hydrogen-bond acceptors (Lipinski definition) is 7. The minimum atomic E-state index is -1.42. The van der Waals surface area contributed by atoms with Crippen molar-refractivity contribution >= 4 is 28.9 Å². The van der Waals surface area contributed by atoms with Gasteiger partial charge < -0.3 is 15.0 Å². The number of carbonyl (C=O) groups excluding carboxylic acids is 3. The summed E-state index contributed by atoms with van der Waals surface area (Å²) >= 11 is 1.55. The van der Waals surface area contributed by atoms with Gasteiger partial charge in [-0.25, -0.2) is 9.37 Å². The first-order valence-corrected chi connectivity index (χ1v) is 13.5. The molecule has 0 radical (unpaired) electrons. The summed E-state index contributed by atoms with van der Waals surface area (Å²) in [6.07, 6.45) is 0.421. The first-order chi connectivity index (χ1) is 18.3. The van der Waals surface area contributed by atoms with Crippen LogP contribution >= 0.6 is 11.3 Å². The second-order valence-corrected chi connectivity index (χ2v) is 11.0. The average Bonchev–Trinajstić information content (AvgIpc) is 3.61. The Balaban J connectivity index is 1.26.